The first kappa shape index (κ1) is 15.1. The van der Waals surface area contributed by atoms with Gasteiger partial charge in [-0.2, -0.15) is 0 Å². The summed E-state index contributed by atoms with van der Waals surface area (Å²) < 4.78 is 10.6. The summed E-state index contributed by atoms with van der Waals surface area (Å²) in [6.45, 7) is 1.03. The Balaban J connectivity index is 1.78. The SMILES string of the molecule is COC(=O)C1CCCC(OC[C@@H]2CCCN2C(=O)O)C1. The number of esters is 1. The lowest BCUT2D eigenvalue weighted by atomic mass is 9.87. The highest BCUT2D eigenvalue weighted by Gasteiger charge is 2.32. The molecule has 1 saturated carbocycles. The molecule has 1 heterocycles. The molecule has 6 nitrogen and oxygen atoms in total. The molecule has 3 atom stereocenters. The second kappa shape index (κ2) is 6.92. The van der Waals surface area contributed by atoms with Crippen molar-refractivity contribution >= 4 is 12.1 Å². The van der Waals surface area contributed by atoms with Gasteiger partial charge in [-0.15, -0.1) is 0 Å². The Kier molecular flexibility index (Phi) is 5.23. The Morgan fingerprint density at radius 2 is 2.05 bits per heavy atom. The van der Waals surface area contributed by atoms with Gasteiger partial charge in [0.2, 0.25) is 0 Å². The number of methoxy groups -OCH3 is 1. The van der Waals surface area contributed by atoms with Crippen LogP contribution in [0.3, 0.4) is 0 Å². The van der Waals surface area contributed by atoms with Crippen LogP contribution in [0.1, 0.15) is 38.5 Å². The zero-order valence-electron chi connectivity index (χ0n) is 11.9. The van der Waals surface area contributed by atoms with E-state index in [1.807, 2.05) is 0 Å². The minimum atomic E-state index is -0.868. The highest BCUT2D eigenvalue weighted by Crippen LogP contribution is 2.28. The number of rotatable bonds is 4. The molecule has 114 valence electrons. The number of amides is 1. The second-order valence-electron chi connectivity index (χ2n) is 5.61. The summed E-state index contributed by atoms with van der Waals surface area (Å²) in [6, 6.07) is -0.0361. The molecule has 0 bridgehead atoms. The van der Waals surface area contributed by atoms with Gasteiger partial charge in [0.05, 0.1) is 31.8 Å². The first-order chi connectivity index (χ1) is 9.61. The van der Waals surface area contributed by atoms with E-state index in [0.29, 0.717) is 19.6 Å². The lowest BCUT2D eigenvalue weighted by molar-refractivity contribution is -0.148. The average Bonchev–Trinajstić information content (AvgIpc) is 2.93. The van der Waals surface area contributed by atoms with Gasteiger partial charge in [-0.05, 0) is 32.1 Å². The lowest BCUT2D eigenvalue weighted by Gasteiger charge is -2.29. The van der Waals surface area contributed by atoms with Crippen LogP contribution in [-0.2, 0) is 14.3 Å². The van der Waals surface area contributed by atoms with E-state index in [1.54, 1.807) is 0 Å². The minimum Gasteiger partial charge on any atom is -0.469 e. The third-order valence-electron chi connectivity index (χ3n) is 4.31. The summed E-state index contributed by atoms with van der Waals surface area (Å²) in [5.74, 6) is -0.232. The molecule has 0 aromatic carbocycles. The van der Waals surface area contributed by atoms with Crippen LogP contribution < -0.4 is 0 Å². The van der Waals surface area contributed by atoms with Gasteiger partial charge in [-0.3, -0.25) is 4.79 Å². The molecule has 1 N–H and O–H groups in total. The zero-order chi connectivity index (χ0) is 14.5. The molecule has 1 saturated heterocycles. The van der Waals surface area contributed by atoms with Crippen LogP contribution in [0, 0.1) is 5.92 Å². The van der Waals surface area contributed by atoms with Gasteiger partial charge in [0, 0.05) is 6.54 Å². The highest BCUT2D eigenvalue weighted by molar-refractivity contribution is 5.72. The third kappa shape index (κ3) is 3.62. The number of likely N-dealkylation sites (tertiary alicyclic amines) is 1. The predicted octanol–water partition coefficient (Wildman–Crippen LogP) is 1.88. The van der Waals surface area contributed by atoms with Crippen molar-refractivity contribution in [1.29, 1.82) is 0 Å². The van der Waals surface area contributed by atoms with Crippen LogP contribution in [-0.4, -0.2) is 54.5 Å². The number of ether oxygens (including phenoxy) is 2. The first-order valence-electron chi connectivity index (χ1n) is 7.30. The molecular weight excluding hydrogens is 262 g/mol. The number of nitrogens with zero attached hydrogens (tertiary/aromatic N) is 1. The summed E-state index contributed by atoms with van der Waals surface area (Å²) >= 11 is 0. The Morgan fingerprint density at radius 3 is 2.75 bits per heavy atom. The van der Waals surface area contributed by atoms with Gasteiger partial charge >= 0.3 is 12.1 Å². The fourth-order valence-electron chi connectivity index (χ4n) is 3.19. The summed E-state index contributed by atoms with van der Waals surface area (Å²) in [5, 5.41) is 9.08. The van der Waals surface area contributed by atoms with Crippen LogP contribution in [0.5, 0.6) is 0 Å². The lowest BCUT2D eigenvalue weighted by Crippen LogP contribution is -2.39. The van der Waals surface area contributed by atoms with Crippen molar-refractivity contribution < 1.29 is 24.2 Å². The molecule has 20 heavy (non-hydrogen) atoms. The van der Waals surface area contributed by atoms with Crippen molar-refractivity contribution in [3.63, 3.8) is 0 Å². The largest absolute Gasteiger partial charge is 0.469 e. The van der Waals surface area contributed by atoms with Crippen molar-refractivity contribution in [3.05, 3.63) is 0 Å². The van der Waals surface area contributed by atoms with Crippen LogP contribution >= 0.6 is 0 Å². The van der Waals surface area contributed by atoms with Crippen LogP contribution in [0.25, 0.3) is 0 Å². The number of hydrogen-bond donors (Lipinski definition) is 1. The molecule has 1 amide bonds. The van der Waals surface area contributed by atoms with E-state index in [0.717, 1.165) is 32.1 Å². The number of carbonyl (C=O) groups excluding carboxylic acids is 1. The monoisotopic (exact) mass is 285 g/mol. The zero-order valence-corrected chi connectivity index (χ0v) is 11.9. The molecule has 1 aliphatic carbocycles. The second-order valence-corrected chi connectivity index (χ2v) is 5.61. The maximum absolute atomic E-state index is 11.6. The van der Waals surface area contributed by atoms with Crippen LogP contribution in [0.4, 0.5) is 4.79 Å². The molecule has 2 rings (SSSR count). The normalized spacial score (nSPS) is 30.2. The summed E-state index contributed by atoms with van der Waals surface area (Å²) in [4.78, 5) is 24.1. The fraction of sp³-hybridized carbons (Fsp3) is 0.857. The predicted molar refractivity (Wildman–Crippen MR) is 71.5 cm³/mol. The topological polar surface area (TPSA) is 76.1 Å². The van der Waals surface area contributed by atoms with E-state index in [-0.39, 0.29) is 24.0 Å². The van der Waals surface area contributed by atoms with E-state index in [1.165, 1.54) is 12.0 Å². The van der Waals surface area contributed by atoms with Gasteiger partial charge < -0.3 is 19.5 Å². The molecule has 0 aromatic heterocycles. The smallest absolute Gasteiger partial charge is 0.407 e. The van der Waals surface area contributed by atoms with E-state index >= 15 is 0 Å². The van der Waals surface area contributed by atoms with Gasteiger partial charge in [-0.25, -0.2) is 4.79 Å². The molecule has 2 unspecified atom stereocenters. The molecule has 6 heteroatoms. The Morgan fingerprint density at radius 1 is 1.25 bits per heavy atom. The Bertz CT molecular complexity index is 359. The van der Waals surface area contributed by atoms with Gasteiger partial charge in [0.1, 0.15) is 0 Å². The van der Waals surface area contributed by atoms with Gasteiger partial charge in [-0.1, -0.05) is 6.42 Å². The summed E-state index contributed by atoms with van der Waals surface area (Å²) in [5.41, 5.74) is 0. The third-order valence-corrected chi connectivity index (χ3v) is 4.31. The number of carbonyl (C=O) groups is 2. The summed E-state index contributed by atoms with van der Waals surface area (Å²) in [7, 11) is 1.41. The molecule has 0 spiro atoms. The van der Waals surface area contributed by atoms with Gasteiger partial charge in [0.25, 0.3) is 0 Å². The minimum absolute atomic E-state index is 0.0361. The van der Waals surface area contributed by atoms with E-state index in [2.05, 4.69) is 0 Å². The number of hydrogen-bond acceptors (Lipinski definition) is 4. The quantitative estimate of drug-likeness (QED) is 0.798. The molecule has 0 aromatic rings. The molecular formula is C14H23NO5. The van der Waals surface area contributed by atoms with Crippen molar-refractivity contribution in [1.82, 2.24) is 4.90 Å². The fourth-order valence-corrected chi connectivity index (χ4v) is 3.19. The van der Waals surface area contributed by atoms with Crippen molar-refractivity contribution in [2.45, 2.75) is 50.7 Å². The first-order valence-corrected chi connectivity index (χ1v) is 7.30. The van der Waals surface area contributed by atoms with Gasteiger partial charge in [0.15, 0.2) is 0 Å². The number of carboxylic acid groups (broad SMARTS) is 1. The maximum atomic E-state index is 11.6. The van der Waals surface area contributed by atoms with E-state index in [4.69, 9.17) is 14.6 Å². The molecule has 1 aliphatic heterocycles. The average molecular weight is 285 g/mol. The van der Waals surface area contributed by atoms with Crippen LogP contribution in [0.2, 0.25) is 0 Å². The Hall–Kier alpha value is -1.30. The van der Waals surface area contributed by atoms with Crippen molar-refractivity contribution in [3.8, 4) is 0 Å². The molecule has 2 fully saturated rings. The van der Waals surface area contributed by atoms with E-state index < -0.39 is 6.09 Å². The van der Waals surface area contributed by atoms with Crippen LogP contribution in [0.15, 0.2) is 0 Å². The molecule has 0 radical (unpaired) electrons. The molecule has 2 aliphatic rings. The van der Waals surface area contributed by atoms with Crippen molar-refractivity contribution in [2.75, 3.05) is 20.3 Å². The standard InChI is InChI=1S/C14H23NO5/c1-19-13(16)10-4-2-6-12(8-10)20-9-11-5-3-7-15(11)14(17)18/h10-12H,2-9H2,1H3,(H,17,18)/t10?,11-,12?/m0/s1. The maximum Gasteiger partial charge on any atom is 0.407 e. The Labute approximate surface area is 119 Å². The van der Waals surface area contributed by atoms with E-state index in [9.17, 15) is 9.59 Å². The van der Waals surface area contributed by atoms with Crippen molar-refractivity contribution in [2.24, 2.45) is 5.92 Å². The highest BCUT2D eigenvalue weighted by atomic mass is 16.5. The summed E-state index contributed by atoms with van der Waals surface area (Å²) in [6.07, 6.45) is 4.38.